The van der Waals surface area contributed by atoms with Crippen LogP contribution in [0.5, 0.6) is 0 Å². The summed E-state index contributed by atoms with van der Waals surface area (Å²) in [6.45, 7) is 5.91. The molecule has 1 aliphatic rings. The van der Waals surface area contributed by atoms with Crippen molar-refractivity contribution in [1.82, 2.24) is 9.88 Å². The lowest BCUT2D eigenvalue weighted by molar-refractivity contribution is -0.116. The number of fused-ring (bicyclic) bond motifs is 1. The summed E-state index contributed by atoms with van der Waals surface area (Å²) in [5, 5.41) is 2.88. The van der Waals surface area contributed by atoms with Gasteiger partial charge in [-0.1, -0.05) is 17.7 Å². The van der Waals surface area contributed by atoms with Gasteiger partial charge < -0.3 is 5.32 Å². The van der Waals surface area contributed by atoms with Crippen LogP contribution >= 0.6 is 0 Å². The van der Waals surface area contributed by atoms with Crippen molar-refractivity contribution in [3.05, 3.63) is 58.4 Å². The van der Waals surface area contributed by atoms with E-state index >= 15 is 0 Å². The summed E-state index contributed by atoms with van der Waals surface area (Å²) in [6.07, 6.45) is 1.52. The average molecular weight is 337 g/mol. The van der Waals surface area contributed by atoms with E-state index in [-0.39, 0.29) is 30.1 Å². The number of carbonyl (C=O) groups excluding carboxylic acids is 3. The van der Waals surface area contributed by atoms with Gasteiger partial charge in [0.2, 0.25) is 5.91 Å². The molecule has 0 aliphatic carbocycles. The van der Waals surface area contributed by atoms with Gasteiger partial charge in [0.15, 0.2) is 0 Å². The number of amides is 3. The van der Waals surface area contributed by atoms with Gasteiger partial charge in [0, 0.05) is 24.8 Å². The van der Waals surface area contributed by atoms with Gasteiger partial charge in [-0.2, -0.15) is 0 Å². The van der Waals surface area contributed by atoms with Crippen molar-refractivity contribution < 1.29 is 14.4 Å². The van der Waals surface area contributed by atoms with Gasteiger partial charge in [-0.15, -0.1) is 0 Å². The Bertz CT molecular complexity index is 831. The van der Waals surface area contributed by atoms with Crippen molar-refractivity contribution in [2.75, 3.05) is 11.9 Å². The van der Waals surface area contributed by atoms with Gasteiger partial charge in [0.05, 0.1) is 5.56 Å². The number of pyridine rings is 1. The van der Waals surface area contributed by atoms with Gasteiger partial charge in [0.1, 0.15) is 5.69 Å². The predicted molar refractivity (Wildman–Crippen MR) is 93.5 cm³/mol. The van der Waals surface area contributed by atoms with Gasteiger partial charge >= 0.3 is 0 Å². The number of benzene rings is 1. The molecule has 2 heterocycles. The molecule has 1 aromatic carbocycles. The van der Waals surface area contributed by atoms with Gasteiger partial charge in [0.25, 0.3) is 11.8 Å². The number of aromatic nitrogens is 1. The SMILES string of the molecule is Cc1cc(C)c(NC(=O)CCN2C(=O)c3cccnc3C2=O)c(C)c1. The molecule has 3 rings (SSSR count). The van der Waals surface area contributed by atoms with Crippen molar-refractivity contribution in [1.29, 1.82) is 0 Å². The zero-order valence-electron chi connectivity index (χ0n) is 14.4. The summed E-state index contributed by atoms with van der Waals surface area (Å²) in [4.78, 5) is 41.8. The topological polar surface area (TPSA) is 79.4 Å². The lowest BCUT2D eigenvalue weighted by Gasteiger charge is -2.15. The van der Waals surface area contributed by atoms with E-state index in [4.69, 9.17) is 0 Å². The standard InChI is InChI=1S/C19H19N3O3/c1-11-9-12(2)16(13(3)10-11)21-15(23)6-8-22-18(24)14-5-4-7-20-17(14)19(22)25/h4-5,7,9-10H,6,8H2,1-3H3,(H,21,23). The Balaban J connectivity index is 1.66. The Morgan fingerprint density at radius 3 is 2.44 bits per heavy atom. The molecule has 0 bridgehead atoms. The van der Waals surface area contributed by atoms with Crippen molar-refractivity contribution in [2.45, 2.75) is 27.2 Å². The van der Waals surface area contributed by atoms with Crippen LogP contribution in [0.15, 0.2) is 30.5 Å². The minimum Gasteiger partial charge on any atom is -0.326 e. The van der Waals surface area contributed by atoms with Crippen LogP contribution in [-0.2, 0) is 4.79 Å². The summed E-state index contributed by atoms with van der Waals surface area (Å²) in [7, 11) is 0. The molecule has 25 heavy (non-hydrogen) atoms. The number of imide groups is 1. The Morgan fingerprint density at radius 1 is 1.12 bits per heavy atom. The Labute approximate surface area is 145 Å². The molecule has 3 amide bonds. The van der Waals surface area contributed by atoms with Crippen LogP contribution in [0.4, 0.5) is 5.69 Å². The number of anilines is 1. The lowest BCUT2D eigenvalue weighted by atomic mass is 10.1. The second-order valence-electron chi connectivity index (χ2n) is 6.23. The number of rotatable bonds is 4. The van der Waals surface area contributed by atoms with Gasteiger partial charge in [-0.25, -0.2) is 0 Å². The maximum atomic E-state index is 12.3. The fraction of sp³-hybridized carbons (Fsp3) is 0.263. The van der Waals surface area contributed by atoms with Crippen molar-refractivity contribution in [2.24, 2.45) is 0 Å². The van der Waals surface area contributed by atoms with E-state index in [1.807, 2.05) is 32.9 Å². The van der Waals surface area contributed by atoms with Crippen LogP contribution in [0.25, 0.3) is 0 Å². The first-order valence-corrected chi connectivity index (χ1v) is 8.07. The molecular formula is C19H19N3O3. The highest BCUT2D eigenvalue weighted by molar-refractivity contribution is 6.20. The number of nitrogens with zero attached hydrogens (tertiary/aromatic N) is 2. The second kappa shape index (κ2) is 6.47. The summed E-state index contributed by atoms with van der Waals surface area (Å²) < 4.78 is 0. The summed E-state index contributed by atoms with van der Waals surface area (Å²) in [6, 6.07) is 7.18. The molecule has 6 heteroatoms. The average Bonchev–Trinajstić information content (AvgIpc) is 2.81. The maximum absolute atomic E-state index is 12.3. The molecule has 1 aliphatic heterocycles. The molecule has 0 saturated carbocycles. The van der Waals surface area contributed by atoms with Crippen LogP contribution in [0.1, 0.15) is 44.0 Å². The highest BCUT2D eigenvalue weighted by Crippen LogP contribution is 2.23. The zero-order valence-corrected chi connectivity index (χ0v) is 14.4. The number of hydrogen-bond donors (Lipinski definition) is 1. The summed E-state index contributed by atoms with van der Waals surface area (Å²) in [5.74, 6) is -1.08. The first kappa shape index (κ1) is 16.8. The van der Waals surface area contributed by atoms with Gasteiger partial charge in [-0.3, -0.25) is 24.3 Å². The molecule has 0 spiro atoms. The molecule has 0 unspecified atom stereocenters. The smallest absolute Gasteiger partial charge is 0.280 e. The van der Waals surface area contributed by atoms with E-state index in [9.17, 15) is 14.4 Å². The number of nitrogens with one attached hydrogen (secondary N) is 1. The fourth-order valence-electron chi connectivity index (χ4n) is 3.11. The monoisotopic (exact) mass is 337 g/mol. The summed E-state index contributed by atoms with van der Waals surface area (Å²) >= 11 is 0. The van der Waals surface area contributed by atoms with E-state index in [0.29, 0.717) is 0 Å². The maximum Gasteiger partial charge on any atom is 0.280 e. The Kier molecular flexibility index (Phi) is 4.35. The molecule has 1 N–H and O–H groups in total. The van der Waals surface area contributed by atoms with E-state index in [0.717, 1.165) is 27.3 Å². The molecule has 0 fully saturated rings. The predicted octanol–water partition coefficient (Wildman–Crippen LogP) is 2.63. The first-order chi connectivity index (χ1) is 11.9. The quantitative estimate of drug-likeness (QED) is 0.870. The van der Waals surface area contributed by atoms with E-state index < -0.39 is 11.8 Å². The summed E-state index contributed by atoms with van der Waals surface area (Å²) in [5.41, 5.74) is 4.31. The van der Waals surface area contributed by atoms with Crippen molar-refractivity contribution in [3.63, 3.8) is 0 Å². The number of carbonyl (C=O) groups is 3. The Morgan fingerprint density at radius 2 is 1.80 bits per heavy atom. The minimum absolute atomic E-state index is 0.0316. The minimum atomic E-state index is -0.448. The van der Waals surface area contributed by atoms with E-state index in [1.165, 1.54) is 6.20 Å². The van der Waals surface area contributed by atoms with Crippen molar-refractivity contribution >= 4 is 23.4 Å². The van der Waals surface area contributed by atoms with Gasteiger partial charge in [-0.05, 0) is 44.0 Å². The Hall–Kier alpha value is -3.02. The first-order valence-electron chi connectivity index (χ1n) is 8.07. The van der Waals surface area contributed by atoms with Crippen LogP contribution in [0, 0.1) is 20.8 Å². The van der Waals surface area contributed by atoms with E-state index in [2.05, 4.69) is 10.3 Å². The third-order valence-corrected chi connectivity index (χ3v) is 4.23. The lowest BCUT2D eigenvalue weighted by Crippen LogP contribution is -2.33. The second-order valence-corrected chi connectivity index (χ2v) is 6.23. The normalized spacial score (nSPS) is 13.2. The number of hydrogen-bond acceptors (Lipinski definition) is 4. The largest absolute Gasteiger partial charge is 0.326 e. The van der Waals surface area contributed by atoms with Crippen LogP contribution in [0.3, 0.4) is 0 Å². The molecule has 0 saturated heterocycles. The molecule has 2 aromatic rings. The van der Waals surface area contributed by atoms with Crippen molar-refractivity contribution in [3.8, 4) is 0 Å². The molecule has 128 valence electrons. The van der Waals surface area contributed by atoms with Crippen LogP contribution in [-0.4, -0.2) is 34.2 Å². The molecule has 0 radical (unpaired) electrons. The molecule has 6 nitrogen and oxygen atoms in total. The third kappa shape index (κ3) is 3.15. The van der Waals surface area contributed by atoms with Crippen LogP contribution < -0.4 is 5.32 Å². The molecule has 1 aromatic heterocycles. The number of aryl methyl sites for hydroxylation is 3. The third-order valence-electron chi connectivity index (χ3n) is 4.23. The molecular weight excluding hydrogens is 318 g/mol. The molecule has 0 atom stereocenters. The zero-order chi connectivity index (χ0) is 18.1. The van der Waals surface area contributed by atoms with Crippen LogP contribution in [0.2, 0.25) is 0 Å². The highest BCUT2D eigenvalue weighted by atomic mass is 16.2. The highest BCUT2D eigenvalue weighted by Gasteiger charge is 2.36. The van der Waals surface area contributed by atoms with E-state index in [1.54, 1.807) is 12.1 Å². The fourth-order valence-corrected chi connectivity index (χ4v) is 3.11.